The molecule has 0 amide bonds. The van der Waals surface area contributed by atoms with Crippen molar-refractivity contribution in [2.24, 2.45) is 0 Å². The Morgan fingerprint density at radius 3 is 2.50 bits per heavy atom. The molecule has 0 atom stereocenters. The van der Waals surface area contributed by atoms with Crippen molar-refractivity contribution in [1.82, 2.24) is 0 Å². The number of ketones is 1. The van der Waals surface area contributed by atoms with E-state index in [1.54, 1.807) is 19.1 Å². The number of benzene rings is 1. The van der Waals surface area contributed by atoms with E-state index in [1.807, 2.05) is 18.2 Å². The summed E-state index contributed by atoms with van der Waals surface area (Å²) in [5.74, 6) is 0.123. The van der Waals surface area contributed by atoms with Crippen molar-refractivity contribution in [3.8, 4) is 0 Å². The number of ether oxygens (including phenoxy) is 1. The number of Topliss-reactive ketones (excluding diaryl/α,β-unsaturated/α-hetero) is 1. The van der Waals surface area contributed by atoms with Crippen LogP contribution in [0.25, 0.3) is 0 Å². The van der Waals surface area contributed by atoms with Crippen LogP contribution in [0.15, 0.2) is 41.7 Å². The van der Waals surface area contributed by atoms with Crippen LogP contribution in [-0.4, -0.2) is 11.8 Å². The first-order chi connectivity index (χ1) is 7.68. The van der Waals surface area contributed by atoms with E-state index in [0.717, 1.165) is 0 Å². The molecule has 0 saturated carbocycles. The molecule has 82 valence electrons. The number of carbonyl (C=O) groups excluding carboxylic acids is 2. The molecule has 1 aromatic rings. The maximum absolute atomic E-state index is 12.1. The van der Waals surface area contributed by atoms with Crippen LogP contribution in [0.5, 0.6) is 0 Å². The molecule has 1 aromatic carbocycles. The number of hydrogen-bond acceptors (Lipinski definition) is 3. The van der Waals surface area contributed by atoms with Crippen molar-refractivity contribution in [3.05, 3.63) is 47.2 Å². The van der Waals surface area contributed by atoms with Crippen LogP contribution in [-0.2, 0) is 9.53 Å². The molecule has 0 fully saturated rings. The van der Waals surface area contributed by atoms with E-state index in [1.165, 1.54) is 0 Å². The molecule has 2 rings (SSSR count). The predicted molar refractivity (Wildman–Crippen MR) is 58.8 cm³/mol. The summed E-state index contributed by atoms with van der Waals surface area (Å²) in [6.07, 6.45) is 0.754. The maximum Gasteiger partial charge on any atom is 0.311 e. The summed E-state index contributed by atoms with van der Waals surface area (Å²) in [6, 6.07) is 9.02. The number of rotatable bonds is 2. The lowest BCUT2D eigenvalue weighted by atomic mass is 9.97. The summed E-state index contributed by atoms with van der Waals surface area (Å²) in [5, 5.41) is 0. The van der Waals surface area contributed by atoms with Gasteiger partial charge in [-0.2, -0.15) is 0 Å². The predicted octanol–water partition coefficient (Wildman–Crippen LogP) is 2.48. The Morgan fingerprint density at radius 1 is 1.19 bits per heavy atom. The summed E-state index contributed by atoms with van der Waals surface area (Å²) < 4.78 is 4.96. The lowest BCUT2D eigenvalue weighted by Crippen LogP contribution is -2.16. The van der Waals surface area contributed by atoms with Crippen LogP contribution >= 0.6 is 0 Å². The Morgan fingerprint density at radius 2 is 1.88 bits per heavy atom. The van der Waals surface area contributed by atoms with Gasteiger partial charge in [0.1, 0.15) is 5.76 Å². The summed E-state index contributed by atoms with van der Waals surface area (Å²) >= 11 is 0. The summed E-state index contributed by atoms with van der Waals surface area (Å²) in [5.41, 5.74) is 1.24. The number of allylic oxidation sites excluding steroid dienone is 2. The second-order valence-corrected chi connectivity index (χ2v) is 3.70. The molecule has 0 bridgehead atoms. The van der Waals surface area contributed by atoms with Crippen molar-refractivity contribution in [3.63, 3.8) is 0 Å². The van der Waals surface area contributed by atoms with Crippen molar-refractivity contribution in [1.29, 1.82) is 0 Å². The molecule has 0 aromatic heterocycles. The number of cyclic esters (lactones) is 1. The molecule has 1 aliphatic rings. The smallest absolute Gasteiger partial charge is 0.311 e. The Kier molecular flexibility index (Phi) is 2.86. The first-order valence-electron chi connectivity index (χ1n) is 5.18. The van der Waals surface area contributed by atoms with Crippen molar-refractivity contribution in [2.45, 2.75) is 19.8 Å². The molecule has 0 aliphatic carbocycles. The topological polar surface area (TPSA) is 43.4 Å². The Balaban J connectivity index is 2.29. The molecular formula is C13H12O3. The lowest BCUT2D eigenvalue weighted by Gasteiger charge is -2.16. The molecule has 16 heavy (non-hydrogen) atoms. The quantitative estimate of drug-likeness (QED) is 0.563. The first kappa shape index (κ1) is 10.6. The van der Waals surface area contributed by atoms with E-state index in [2.05, 4.69) is 0 Å². The third kappa shape index (κ3) is 2.03. The fraction of sp³-hybridized carbons (Fsp3) is 0.231. The third-order valence-electron chi connectivity index (χ3n) is 2.58. The fourth-order valence-corrected chi connectivity index (χ4v) is 1.72. The molecule has 0 saturated heterocycles. The summed E-state index contributed by atoms with van der Waals surface area (Å²) in [7, 11) is 0. The fourth-order valence-electron chi connectivity index (χ4n) is 1.72. The lowest BCUT2D eigenvalue weighted by molar-refractivity contribution is -0.140. The van der Waals surface area contributed by atoms with Crippen LogP contribution in [0.2, 0.25) is 0 Å². The maximum atomic E-state index is 12.1. The van der Waals surface area contributed by atoms with E-state index in [0.29, 0.717) is 23.3 Å². The summed E-state index contributed by atoms with van der Waals surface area (Å²) in [4.78, 5) is 23.1. The van der Waals surface area contributed by atoms with E-state index in [4.69, 9.17) is 4.74 Å². The molecule has 1 aliphatic heterocycles. The largest absolute Gasteiger partial charge is 0.431 e. The van der Waals surface area contributed by atoms with Crippen molar-refractivity contribution < 1.29 is 14.3 Å². The van der Waals surface area contributed by atoms with Gasteiger partial charge in [-0.1, -0.05) is 30.3 Å². The molecule has 0 N–H and O–H groups in total. The first-order valence-corrected chi connectivity index (χ1v) is 5.18. The minimum Gasteiger partial charge on any atom is -0.431 e. The van der Waals surface area contributed by atoms with Gasteiger partial charge < -0.3 is 4.74 Å². The Hall–Kier alpha value is -1.90. The number of carbonyl (C=O) groups is 2. The molecule has 0 spiro atoms. The van der Waals surface area contributed by atoms with Gasteiger partial charge in [0.2, 0.25) is 0 Å². The normalized spacial score (nSPS) is 15.9. The van der Waals surface area contributed by atoms with E-state index in [9.17, 15) is 9.59 Å². The highest BCUT2D eigenvalue weighted by Gasteiger charge is 2.22. The van der Waals surface area contributed by atoms with Gasteiger partial charge in [-0.05, 0) is 13.3 Å². The molecule has 3 nitrogen and oxygen atoms in total. The standard InChI is InChI=1S/C13H12O3/c1-9-11(7-8-12(14)16-9)13(15)10-5-3-2-4-6-10/h2-6H,7-8H2,1H3. The van der Waals surface area contributed by atoms with Crippen LogP contribution < -0.4 is 0 Å². The highest BCUT2D eigenvalue weighted by atomic mass is 16.5. The van der Waals surface area contributed by atoms with Gasteiger partial charge in [-0.15, -0.1) is 0 Å². The third-order valence-corrected chi connectivity index (χ3v) is 2.58. The number of hydrogen-bond donors (Lipinski definition) is 0. The van der Waals surface area contributed by atoms with Crippen molar-refractivity contribution in [2.75, 3.05) is 0 Å². The van der Waals surface area contributed by atoms with Gasteiger partial charge in [0.05, 0.1) is 6.42 Å². The SMILES string of the molecule is CC1=C(C(=O)c2ccccc2)CCC(=O)O1. The second-order valence-electron chi connectivity index (χ2n) is 3.70. The molecule has 0 unspecified atom stereocenters. The van der Waals surface area contributed by atoms with Gasteiger partial charge in [-0.3, -0.25) is 9.59 Å². The van der Waals surface area contributed by atoms with Crippen LogP contribution in [0, 0.1) is 0 Å². The zero-order valence-corrected chi connectivity index (χ0v) is 9.03. The Labute approximate surface area is 93.7 Å². The van der Waals surface area contributed by atoms with Crippen LogP contribution in [0.4, 0.5) is 0 Å². The highest BCUT2D eigenvalue weighted by Crippen LogP contribution is 2.23. The summed E-state index contributed by atoms with van der Waals surface area (Å²) in [6.45, 7) is 1.66. The second kappa shape index (κ2) is 4.31. The minimum absolute atomic E-state index is 0.0504. The number of esters is 1. The molecule has 3 heteroatoms. The Bertz CT molecular complexity index is 457. The van der Waals surface area contributed by atoms with Crippen LogP contribution in [0.3, 0.4) is 0 Å². The zero-order chi connectivity index (χ0) is 11.5. The molecular weight excluding hydrogens is 204 g/mol. The average molecular weight is 216 g/mol. The molecule has 0 radical (unpaired) electrons. The van der Waals surface area contributed by atoms with E-state index in [-0.39, 0.29) is 18.2 Å². The van der Waals surface area contributed by atoms with E-state index < -0.39 is 0 Å². The minimum atomic E-state index is -0.262. The van der Waals surface area contributed by atoms with Crippen molar-refractivity contribution >= 4 is 11.8 Å². The molecule has 1 heterocycles. The van der Waals surface area contributed by atoms with Gasteiger partial charge in [0.15, 0.2) is 5.78 Å². The van der Waals surface area contributed by atoms with Crippen LogP contribution in [0.1, 0.15) is 30.1 Å². The van der Waals surface area contributed by atoms with Gasteiger partial charge in [0.25, 0.3) is 0 Å². The zero-order valence-electron chi connectivity index (χ0n) is 9.03. The average Bonchev–Trinajstić information content (AvgIpc) is 2.29. The monoisotopic (exact) mass is 216 g/mol. The van der Waals surface area contributed by atoms with E-state index >= 15 is 0 Å². The van der Waals surface area contributed by atoms with Gasteiger partial charge >= 0.3 is 5.97 Å². The highest BCUT2D eigenvalue weighted by molar-refractivity contribution is 6.09. The van der Waals surface area contributed by atoms with Gasteiger partial charge in [-0.25, -0.2) is 0 Å². The van der Waals surface area contributed by atoms with Gasteiger partial charge in [0, 0.05) is 11.1 Å².